The van der Waals surface area contributed by atoms with Crippen molar-refractivity contribution in [1.29, 1.82) is 0 Å². The van der Waals surface area contributed by atoms with Gasteiger partial charge >= 0.3 is 6.03 Å². The van der Waals surface area contributed by atoms with Gasteiger partial charge in [0.1, 0.15) is 5.69 Å². The number of aliphatic hydroxyl groups is 1. The number of rotatable bonds is 5. The van der Waals surface area contributed by atoms with Crippen molar-refractivity contribution in [2.75, 3.05) is 24.2 Å². The molecule has 0 saturated carbocycles. The Hall–Kier alpha value is -1.47. The molecule has 2 heterocycles. The second-order valence-electron chi connectivity index (χ2n) is 5.09. The van der Waals surface area contributed by atoms with E-state index in [4.69, 9.17) is 4.52 Å². The van der Waals surface area contributed by atoms with Gasteiger partial charge < -0.3 is 14.5 Å². The van der Waals surface area contributed by atoms with Crippen molar-refractivity contribution in [3.63, 3.8) is 0 Å². The SMILES string of the molecule is C=CCN1CC(O)N(c2cc(C(C)(C)SC)no2)C1=O. The van der Waals surface area contributed by atoms with Gasteiger partial charge in [-0.2, -0.15) is 11.8 Å². The number of aromatic nitrogens is 1. The predicted molar refractivity (Wildman–Crippen MR) is 78.7 cm³/mol. The molecule has 1 aromatic rings. The molecule has 110 valence electrons. The largest absolute Gasteiger partial charge is 0.371 e. The molecule has 0 aliphatic carbocycles. The van der Waals surface area contributed by atoms with Crippen LogP contribution in [0.1, 0.15) is 19.5 Å². The Labute approximate surface area is 122 Å². The number of carbonyl (C=O) groups is 1. The lowest BCUT2D eigenvalue weighted by Gasteiger charge is -2.18. The van der Waals surface area contributed by atoms with Crippen LogP contribution in [-0.4, -0.2) is 46.8 Å². The number of thioether (sulfide) groups is 1. The van der Waals surface area contributed by atoms with Crippen molar-refractivity contribution >= 4 is 23.7 Å². The molecule has 0 radical (unpaired) electrons. The number of urea groups is 1. The van der Waals surface area contributed by atoms with E-state index in [2.05, 4.69) is 11.7 Å². The van der Waals surface area contributed by atoms with E-state index in [0.29, 0.717) is 6.54 Å². The molecule has 2 amide bonds. The van der Waals surface area contributed by atoms with Crippen LogP contribution >= 0.6 is 11.8 Å². The highest BCUT2D eigenvalue weighted by Crippen LogP contribution is 2.35. The lowest BCUT2D eigenvalue weighted by Crippen LogP contribution is -2.34. The minimum absolute atomic E-state index is 0.212. The van der Waals surface area contributed by atoms with Gasteiger partial charge in [0, 0.05) is 12.6 Å². The molecule has 2 rings (SSSR count). The molecular weight excluding hydrogens is 278 g/mol. The van der Waals surface area contributed by atoms with E-state index in [1.165, 1.54) is 9.80 Å². The summed E-state index contributed by atoms with van der Waals surface area (Å²) in [6, 6.07) is 1.40. The molecule has 0 spiro atoms. The second kappa shape index (κ2) is 5.49. The normalized spacial score (nSPS) is 19.8. The first kappa shape index (κ1) is 14.9. The fourth-order valence-electron chi connectivity index (χ4n) is 1.95. The molecule has 7 heteroatoms. The summed E-state index contributed by atoms with van der Waals surface area (Å²) in [6.45, 7) is 8.26. The van der Waals surface area contributed by atoms with Gasteiger partial charge in [0.2, 0.25) is 5.88 Å². The van der Waals surface area contributed by atoms with Gasteiger partial charge in [-0.1, -0.05) is 11.2 Å². The summed E-state index contributed by atoms with van der Waals surface area (Å²) in [5, 5.41) is 14.0. The first-order valence-electron chi connectivity index (χ1n) is 6.30. The Kier molecular flexibility index (Phi) is 4.10. The first-order valence-corrected chi connectivity index (χ1v) is 7.52. The Balaban J connectivity index is 2.24. The summed E-state index contributed by atoms with van der Waals surface area (Å²) in [6.07, 6.45) is 2.67. The molecule has 1 fully saturated rings. The zero-order valence-corrected chi connectivity index (χ0v) is 12.7. The van der Waals surface area contributed by atoms with Crippen LogP contribution in [0.5, 0.6) is 0 Å². The lowest BCUT2D eigenvalue weighted by molar-refractivity contribution is 0.176. The van der Waals surface area contributed by atoms with Crippen LogP contribution in [-0.2, 0) is 4.75 Å². The van der Waals surface area contributed by atoms with Crippen LogP contribution < -0.4 is 4.90 Å². The predicted octanol–water partition coefficient (Wildman–Crippen LogP) is 2.02. The molecule has 20 heavy (non-hydrogen) atoms. The van der Waals surface area contributed by atoms with Crippen LogP contribution in [0.25, 0.3) is 0 Å². The van der Waals surface area contributed by atoms with Gasteiger partial charge in [-0.25, -0.2) is 9.69 Å². The molecular formula is C13H19N3O3S. The number of β-amino-alcohol motifs (C(OH)–C–C–N with tert-alkyl or cyclic N) is 1. The monoisotopic (exact) mass is 297 g/mol. The molecule has 1 saturated heterocycles. The third-order valence-corrected chi connectivity index (χ3v) is 4.60. The topological polar surface area (TPSA) is 69.8 Å². The number of hydrogen-bond acceptors (Lipinski definition) is 5. The van der Waals surface area contributed by atoms with E-state index < -0.39 is 6.23 Å². The zero-order valence-electron chi connectivity index (χ0n) is 11.9. The number of aliphatic hydroxyl groups excluding tert-OH is 1. The van der Waals surface area contributed by atoms with Crippen LogP contribution in [0, 0.1) is 0 Å². The van der Waals surface area contributed by atoms with Gasteiger partial charge in [0.25, 0.3) is 0 Å². The van der Waals surface area contributed by atoms with Crippen LogP contribution in [0.2, 0.25) is 0 Å². The highest BCUT2D eigenvalue weighted by atomic mass is 32.2. The Morgan fingerprint density at radius 2 is 2.40 bits per heavy atom. The summed E-state index contributed by atoms with van der Waals surface area (Å²) < 4.78 is 5.02. The van der Waals surface area contributed by atoms with E-state index in [0.717, 1.165) is 5.69 Å². The van der Waals surface area contributed by atoms with Crippen molar-refractivity contribution in [1.82, 2.24) is 10.1 Å². The average molecular weight is 297 g/mol. The van der Waals surface area contributed by atoms with E-state index in [1.807, 2.05) is 20.1 Å². The highest BCUT2D eigenvalue weighted by Gasteiger charge is 2.39. The molecule has 1 N–H and O–H groups in total. The van der Waals surface area contributed by atoms with Gasteiger partial charge in [0.05, 0.1) is 11.3 Å². The minimum atomic E-state index is -0.930. The van der Waals surface area contributed by atoms with Crippen LogP contribution in [0.4, 0.5) is 10.7 Å². The maximum atomic E-state index is 12.2. The third-order valence-electron chi connectivity index (χ3n) is 3.37. The number of amides is 2. The molecule has 1 aromatic heterocycles. The van der Waals surface area contributed by atoms with Crippen molar-refractivity contribution in [3.05, 3.63) is 24.4 Å². The van der Waals surface area contributed by atoms with Crippen LogP contribution in [0.3, 0.4) is 0 Å². The Morgan fingerprint density at radius 1 is 1.70 bits per heavy atom. The van der Waals surface area contributed by atoms with Crippen LogP contribution in [0.15, 0.2) is 23.2 Å². The van der Waals surface area contributed by atoms with Crippen molar-refractivity contribution in [3.8, 4) is 0 Å². The van der Waals surface area contributed by atoms with Crippen molar-refractivity contribution in [2.24, 2.45) is 0 Å². The number of hydrogen-bond donors (Lipinski definition) is 1. The van der Waals surface area contributed by atoms with E-state index in [1.54, 1.807) is 23.9 Å². The zero-order chi connectivity index (χ0) is 14.9. The van der Waals surface area contributed by atoms with Gasteiger partial charge in [-0.3, -0.25) is 0 Å². The summed E-state index contributed by atoms with van der Waals surface area (Å²) in [5.41, 5.74) is 0.738. The average Bonchev–Trinajstić information content (AvgIpc) is 2.97. The quantitative estimate of drug-likeness (QED) is 0.842. The Morgan fingerprint density at radius 3 is 3.00 bits per heavy atom. The van der Waals surface area contributed by atoms with E-state index in [-0.39, 0.29) is 23.2 Å². The Bertz CT molecular complexity index is 515. The smallest absolute Gasteiger partial charge is 0.329 e. The van der Waals surface area contributed by atoms with E-state index >= 15 is 0 Å². The highest BCUT2D eigenvalue weighted by molar-refractivity contribution is 7.99. The van der Waals surface area contributed by atoms with Gasteiger partial charge in [-0.15, -0.1) is 6.58 Å². The van der Waals surface area contributed by atoms with Crippen molar-refractivity contribution in [2.45, 2.75) is 24.8 Å². The van der Waals surface area contributed by atoms with Gasteiger partial charge in [0.15, 0.2) is 6.23 Å². The fraction of sp³-hybridized carbons (Fsp3) is 0.538. The first-order chi connectivity index (χ1) is 9.40. The molecule has 0 aromatic carbocycles. The second-order valence-corrected chi connectivity index (χ2v) is 6.52. The third kappa shape index (κ3) is 2.55. The van der Waals surface area contributed by atoms with Gasteiger partial charge in [-0.05, 0) is 20.1 Å². The summed E-state index contributed by atoms with van der Waals surface area (Å²) >= 11 is 1.63. The number of anilines is 1. The van der Waals surface area contributed by atoms with Crippen molar-refractivity contribution < 1.29 is 14.4 Å². The molecule has 6 nitrogen and oxygen atoms in total. The molecule has 1 atom stereocenters. The molecule has 1 unspecified atom stereocenters. The number of nitrogens with zero attached hydrogens (tertiary/aromatic N) is 3. The summed E-state index contributed by atoms with van der Waals surface area (Å²) in [4.78, 5) is 14.9. The summed E-state index contributed by atoms with van der Waals surface area (Å²) in [5.74, 6) is 0.270. The number of carbonyl (C=O) groups excluding carboxylic acids is 1. The molecule has 0 bridgehead atoms. The fourth-order valence-corrected chi connectivity index (χ4v) is 2.26. The maximum Gasteiger partial charge on any atom is 0.329 e. The summed E-state index contributed by atoms with van der Waals surface area (Å²) in [7, 11) is 0. The standard InChI is InChI=1S/C13H19N3O3S/c1-5-6-15-8-10(17)16(12(15)18)11-7-9(14-19-11)13(2,3)20-4/h5,7,10,17H,1,6,8H2,2-4H3. The van der Waals surface area contributed by atoms with E-state index in [9.17, 15) is 9.90 Å². The maximum absolute atomic E-state index is 12.2. The minimum Gasteiger partial charge on any atom is -0.371 e. The lowest BCUT2D eigenvalue weighted by atomic mass is 10.1. The molecule has 1 aliphatic rings. The molecule has 1 aliphatic heterocycles.